The molecule has 3 nitrogen and oxygen atoms in total. The number of sulfone groups is 1. The van der Waals surface area contributed by atoms with Crippen molar-refractivity contribution in [1.82, 2.24) is 5.32 Å². The van der Waals surface area contributed by atoms with Gasteiger partial charge in [0.25, 0.3) is 0 Å². The molecule has 14 heavy (non-hydrogen) atoms. The quantitative estimate of drug-likeness (QED) is 0.772. The molecule has 1 aliphatic rings. The summed E-state index contributed by atoms with van der Waals surface area (Å²) in [5.41, 5.74) is 0. The van der Waals surface area contributed by atoms with Gasteiger partial charge in [-0.05, 0) is 18.9 Å². The van der Waals surface area contributed by atoms with E-state index in [4.69, 9.17) is 0 Å². The maximum atomic E-state index is 11.7. The van der Waals surface area contributed by atoms with Gasteiger partial charge in [-0.25, -0.2) is 8.42 Å². The molecule has 1 N–H and O–H groups in total. The van der Waals surface area contributed by atoms with E-state index in [1.165, 1.54) is 0 Å². The average molecular weight is 231 g/mol. The first-order chi connectivity index (χ1) is 6.29. The van der Waals surface area contributed by atoms with Crippen molar-refractivity contribution in [3.05, 3.63) is 0 Å². The lowest BCUT2D eigenvalue weighted by Gasteiger charge is -2.11. The summed E-state index contributed by atoms with van der Waals surface area (Å²) in [7, 11) is -2.98. The SMILES string of the molecule is O=S1(=O)CCC(CNCC(F)(F)F)C1. The molecule has 0 spiro atoms. The highest BCUT2D eigenvalue weighted by atomic mass is 32.2. The zero-order chi connectivity index (χ0) is 10.8. The molecule has 0 amide bonds. The summed E-state index contributed by atoms with van der Waals surface area (Å²) in [6.45, 7) is -0.928. The molecule has 0 aromatic heterocycles. The van der Waals surface area contributed by atoms with E-state index in [0.29, 0.717) is 6.42 Å². The monoisotopic (exact) mass is 231 g/mol. The van der Waals surface area contributed by atoms with Crippen molar-refractivity contribution in [3.8, 4) is 0 Å². The average Bonchev–Trinajstić information content (AvgIpc) is 2.27. The lowest BCUT2D eigenvalue weighted by atomic mass is 10.1. The zero-order valence-electron chi connectivity index (χ0n) is 7.47. The molecular weight excluding hydrogens is 219 g/mol. The van der Waals surface area contributed by atoms with E-state index < -0.39 is 22.6 Å². The summed E-state index contributed by atoms with van der Waals surface area (Å²) >= 11 is 0. The summed E-state index contributed by atoms with van der Waals surface area (Å²) < 4.78 is 57.0. The van der Waals surface area contributed by atoms with Crippen LogP contribution in [0.4, 0.5) is 13.2 Å². The first-order valence-corrected chi connectivity index (χ1v) is 6.08. The van der Waals surface area contributed by atoms with Crippen molar-refractivity contribution in [3.63, 3.8) is 0 Å². The summed E-state index contributed by atoms with van der Waals surface area (Å²) in [6.07, 6.45) is -3.76. The summed E-state index contributed by atoms with van der Waals surface area (Å²) in [5.74, 6) is -0.0502. The molecule has 0 aliphatic carbocycles. The number of hydrogen-bond donors (Lipinski definition) is 1. The molecule has 1 unspecified atom stereocenters. The van der Waals surface area contributed by atoms with Gasteiger partial charge in [0, 0.05) is 0 Å². The smallest absolute Gasteiger partial charge is 0.308 e. The highest BCUT2D eigenvalue weighted by molar-refractivity contribution is 7.91. The van der Waals surface area contributed by atoms with Crippen molar-refractivity contribution >= 4 is 9.84 Å². The second-order valence-electron chi connectivity index (χ2n) is 3.52. The third-order valence-corrected chi connectivity index (χ3v) is 3.92. The van der Waals surface area contributed by atoms with E-state index in [0.717, 1.165) is 0 Å². The van der Waals surface area contributed by atoms with E-state index >= 15 is 0 Å². The Balaban J connectivity index is 2.22. The fourth-order valence-electron chi connectivity index (χ4n) is 1.45. The van der Waals surface area contributed by atoms with Gasteiger partial charge in [-0.3, -0.25) is 0 Å². The second kappa shape index (κ2) is 4.06. The van der Waals surface area contributed by atoms with Crippen LogP contribution in [0.2, 0.25) is 0 Å². The minimum Gasteiger partial charge on any atom is -0.308 e. The molecule has 1 aliphatic heterocycles. The van der Waals surface area contributed by atoms with Crippen molar-refractivity contribution in [2.24, 2.45) is 5.92 Å². The van der Waals surface area contributed by atoms with Gasteiger partial charge in [0.1, 0.15) is 0 Å². The van der Waals surface area contributed by atoms with Gasteiger partial charge < -0.3 is 5.32 Å². The van der Waals surface area contributed by atoms with Crippen LogP contribution < -0.4 is 5.32 Å². The summed E-state index contributed by atoms with van der Waals surface area (Å²) in [4.78, 5) is 0. The Hall–Kier alpha value is -0.300. The van der Waals surface area contributed by atoms with Crippen LogP contribution in [0, 0.1) is 5.92 Å². The first-order valence-electron chi connectivity index (χ1n) is 4.26. The van der Waals surface area contributed by atoms with Gasteiger partial charge in [0.05, 0.1) is 18.1 Å². The van der Waals surface area contributed by atoms with Crippen molar-refractivity contribution in [2.75, 3.05) is 24.6 Å². The maximum Gasteiger partial charge on any atom is 0.401 e. The van der Waals surface area contributed by atoms with Gasteiger partial charge in [-0.1, -0.05) is 0 Å². The van der Waals surface area contributed by atoms with Crippen molar-refractivity contribution in [2.45, 2.75) is 12.6 Å². The number of alkyl halides is 3. The fourth-order valence-corrected chi connectivity index (χ4v) is 3.31. The third-order valence-electron chi connectivity index (χ3n) is 2.09. The number of rotatable bonds is 3. The fraction of sp³-hybridized carbons (Fsp3) is 1.00. The molecule has 1 fully saturated rings. The molecule has 0 aromatic carbocycles. The molecule has 0 aromatic rings. The van der Waals surface area contributed by atoms with Crippen LogP contribution in [0.1, 0.15) is 6.42 Å². The predicted molar refractivity (Wildman–Crippen MR) is 45.7 cm³/mol. The molecule has 1 saturated heterocycles. The van der Waals surface area contributed by atoms with E-state index in [1.54, 1.807) is 0 Å². The van der Waals surface area contributed by atoms with Crippen LogP contribution in [0.5, 0.6) is 0 Å². The molecule has 1 heterocycles. The number of halogens is 3. The van der Waals surface area contributed by atoms with E-state index in [-0.39, 0.29) is 24.0 Å². The minimum absolute atomic E-state index is 0.0118. The Morgan fingerprint density at radius 3 is 2.43 bits per heavy atom. The highest BCUT2D eigenvalue weighted by Crippen LogP contribution is 2.18. The van der Waals surface area contributed by atoms with Gasteiger partial charge in [0.15, 0.2) is 9.84 Å². The maximum absolute atomic E-state index is 11.7. The molecule has 7 heteroatoms. The van der Waals surface area contributed by atoms with Gasteiger partial charge in [-0.15, -0.1) is 0 Å². The van der Waals surface area contributed by atoms with Crippen LogP contribution in [0.15, 0.2) is 0 Å². The minimum atomic E-state index is -4.22. The van der Waals surface area contributed by atoms with Crippen LogP contribution >= 0.6 is 0 Å². The van der Waals surface area contributed by atoms with Crippen molar-refractivity contribution < 1.29 is 21.6 Å². The first kappa shape index (κ1) is 11.8. The zero-order valence-corrected chi connectivity index (χ0v) is 8.29. The molecule has 1 rings (SSSR count). The standard InChI is InChI=1S/C7H12F3NO2S/c8-7(9,10)5-11-3-6-1-2-14(12,13)4-6/h6,11H,1-5H2. The van der Waals surface area contributed by atoms with Crippen LogP contribution in [-0.2, 0) is 9.84 Å². The van der Waals surface area contributed by atoms with Crippen LogP contribution in [-0.4, -0.2) is 39.2 Å². The number of hydrogen-bond acceptors (Lipinski definition) is 3. The molecule has 0 saturated carbocycles. The lowest BCUT2D eigenvalue weighted by molar-refractivity contribution is -0.125. The lowest BCUT2D eigenvalue weighted by Crippen LogP contribution is -2.32. The normalized spacial score (nSPS) is 26.6. The van der Waals surface area contributed by atoms with E-state index in [2.05, 4.69) is 5.32 Å². The van der Waals surface area contributed by atoms with Crippen molar-refractivity contribution in [1.29, 1.82) is 0 Å². The van der Waals surface area contributed by atoms with Crippen LogP contribution in [0.25, 0.3) is 0 Å². The van der Waals surface area contributed by atoms with E-state index in [9.17, 15) is 21.6 Å². The molecule has 1 atom stereocenters. The topological polar surface area (TPSA) is 46.2 Å². The van der Waals surface area contributed by atoms with Gasteiger partial charge >= 0.3 is 6.18 Å². The molecule has 0 radical (unpaired) electrons. The van der Waals surface area contributed by atoms with E-state index in [1.807, 2.05) is 0 Å². The summed E-state index contributed by atoms with van der Waals surface area (Å²) in [5, 5.41) is 2.22. The molecular formula is C7H12F3NO2S. The van der Waals surface area contributed by atoms with Gasteiger partial charge in [-0.2, -0.15) is 13.2 Å². The predicted octanol–water partition coefficient (Wildman–Crippen LogP) is 0.573. The third kappa shape index (κ3) is 4.28. The highest BCUT2D eigenvalue weighted by Gasteiger charge is 2.30. The summed E-state index contributed by atoms with van der Waals surface area (Å²) in [6, 6.07) is 0. The Morgan fingerprint density at radius 1 is 1.36 bits per heavy atom. The Morgan fingerprint density at radius 2 is 2.00 bits per heavy atom. The number of nitrogens with one attached hydrogen (secondary N) is 1. The van der Waals surface area contributed by atoms with Gasteiger partial charge in [0.2, 0.25) is 0 Å². The second-order valence-corrected chi connectivity index (χ2v) is 5.74. The Bertz CT molecular complexity index is 286. The Labute approximate surface area is 80.6 Å². The van der Waals surface area contributed by atoms with Crippen LogP contribution in [0.3, 0.4) is 0 Å². The Kier molecular flexibility index (Phi) is 3.41. The largest absolute Gasteiger partial charge is 0.401 e. The molecule has 84 valence electrons. The molecule has 0 bridgehead atoms.